The largest absolute Gasteiger partial charge is 0.317 e. The molecule has 1 saturated heterocycles. The van der Waals surface area contributed by atoms with Crippen molar-refractivity contribution in [2.24, 2.45) is 0 Å². The molecule has 0 aromatic carbocycles. The van der Waals surface area contributed by atoms with Gasteiger partial charge >= 0.3 is 0 Å². The molecule has 108 valence electrons. The fraction of sp³-hybridized carbons (Fsp3) is 1.00. The van der Waals surface area contributed by atoms with E-state index < -0.39 is 0 Å². The molecule has 1 unspecified atom stereocenters. The SMILES string of the molecule is CCCNCCCCCN1CCCN(C)CC1C. The number of nitrogens with one attached hydrogen (secondary N) is 1. The zero-order chi connectivity index (χ0) is 13.2. The van der Waals surface area contributed by atoms with E-state index in [0.717, 1.165) is 6.04 Å². The smallest absolute Gasteiger partial charge is 0.0194 e. The molecule has 1 aliphatic heterocycles. The summed E-state index contributed by atoms with van der Waals surface area (Å²) in [6, 6.07) is 0.732. The molecule has 1 rings (SSSR count). The van der Waals surface area contributed by atoms with Crippen molar-refractivity contribution in [2.75, 3.05) is 46.3 Å². The van der Waals surface area contributed by atoms with Gasteiger partial charge in [-0.05, 0) is 72.4 Å². The van der Waals surface area contributed by atoms with Crippen molar-refractivity contribution >= 4 is 0 Å². The van der Waals surface area contributed by atoms with Crippen LogP contribution in [0.15, 0.2) is 0 Å². The lowest BCUT2D eigenvalue weighted by Crippen LogP contribution is -2.38. The van der Waals surface area contributed by atoms with Crippen LogP contribution in [-0.4, -0.2) is 62.2 Å². The van der Waals surface area contributed by atoms with Crippen LogP contribution in [0.2, 0.25) is 0 Å². The molecule has 0 aliphatic carbocycles. The van der Waals surface area contributed by atoms with Crippen LogP contribution in [0.25, 0.3) is 0 Å². The van der Waals surface area contributed by atoms with Crippen molar-refractivity contribution in [1.82, 2.24) is 15.1 Å². The Morgan fingerprint density at radius 2 is 1.94 bits per heavy atom. The van der Waals surface area contributed by atoms with Crippen LogP contribution in [-0.2, 0) is 0 Å². The van der Waals surface area contributed by atoms with Crippen molar-refractivity contribution in [2.45, 2.75) is 52.0 Å². The fourth-order valence-electron chi connectivity index (χ4n) is 2.80. The lowest BCUT2D eigenvalue weighted by Gasteiger charge is -2.27. The average Bonchev–Trinajstić information content (AvgIpc) is 2.50. The molecule has 3 nitrogen and oxygen atoms in total. The van der Waals surface area contributed by atoms with Crippen molar-refractivity contribution in [3.63, 3.8) is 0 Å². The van der Waals surface area contributed by atoms with E-state index in [2.05, 4.69) is 36.0 Å². The standard InChI is InChI=1S/C15H33N3/c1-4-9-16-10-6-5-7-12-18-13-8-11-17(3)14-15(18)2/h15-16H,4-14H2,1-3H3. The molecule has 0 amide bonds. The molecule has 18 heavy (non-hydrogen) atoms. The molecule has 1 atom stereocenters. The Labute approximate surface area is 114 Å². The summed E-state index contributed by atoms with van der Waals surface area (Å²) in [5.41, 5.74) is 0. The molecule has 0 spiro atoms. The minimum absolute atomic E-state index is 0.732. The van der Waals surface area contributed by atoms with Crippen LogP contribution in [0.1, 0.15) is 46.0 Å². The van der Waals surface area contributed by atoms with Crippen LogP contribution in [0, 0.1) is 0 Å². The zero-order valence-electron chi connectivity index (χ0n) is 12.7. The van der Waals surface area contributed by atoms with E-state index >= 15 is 0 Å². The molecule has 0 saturated carbocycles. The summed E-state index contributed by atoms with van der Waals surface area (Å²) >= 11 is 0. The van der Waals surface area contributed by atoms with E-state index in [1.54, 1.807) is 0 Å². The topological polar surface area (TPSA) is 18.5 Å². The normalized spacial score (nSPS) is 23.2. The van der Waals surface area contributed by atoms with Crippen molar-refractivity contribution in [1.29, 1.82) is 0 Å². The first-order valence-electron chi connectivity index (χ1n) is 7.87. The van der Waals surface area contributed by atoms with Gasteiger partial charge in [-0.1, -0.05) is 13.3 Å². The van der Waals surface area contributed by atoms with Gasteiger partial charge < -0.3 is 10.2 Å². The highest BCUT2D eigenvalue weighted by Gasteiger charge is 2.18. The van der Waals surface area contributed by atoms with Gasteiger partial charge in [-0.3, -0.25) is 4.90 Å². The Morgan fingerprint density at radius 1 is 1.11 bits per heavy atom. The van der Waals surface area contributed by atoms with Gasteiger partial charge in [0.2, 0.25) is 0 Å². The average molecular weight is 255 g/mol. The number of likely N-dealkylation sites (N-methyl/N-ethyl adjacent to an activating group) is 1. The van der Waals surface area contributed by atoms with Gasteiger partial charge in [-0.2, -0.15) is 0 Å². The maximum absolute atomic E-state index is 3.48. The number of hydrogen-bond acceptors (Lipinski definition) is 3. The summed E-state index contributed by atoms with van der Waals surface area (Å²) in [5.74, 6) is 0. The van der Waals surface area contributed by atoms with Crippen LogP contribution < -0.4 is 5.32 Å². The number of hydrogen-bond donors (Lipinski definition) is 1. The summed E-state index contributed by atoms with van der Waals surface area (Å²) < 4.78 is 0. The van der Waals surface area contributed by atoms with Gasteiger partial charge in [0.1, 0.15) is 0 Å². The maximum atomic E-state index is 3.48. The van der Waals surface area contributed by atoms with E-state index in [0.29, 0.717) is 0 Å². The summed E-state index contributed by atoms with van der Waals surface area (Å²) in [4.78, 5) is 5.16. The summed E-state index contributed by atoms with van der Waals surface area (Å²) in [6.07, 6.45) is 6.65. The lowest BCUT2D eigenvalue weighted by molar-refractivity contribution is 0.198. The van der Waals surface area contributed by atoms with Gasteiger partial charge in [0.25, 0.3) is 0 Å². The second-order valence-electron chi connectivity index (χ2n) is 5.81. The second kappa shape index (κ2) is 9.76. The molecule has 0 aromatic rings. The van der Waals surface area contributed by atoms with E-state index in [4.69, 9.17) is 0 Å². The Bertz CT molecular complexity index is 196. The van der Waals surface area contributed by atoms with Crippen LogP contribution >= 0.6 is 0 Å². The third-order valence-corrected chi connectivity index (χ3v) is 3.91. The number of nitrogens with zero attached hydrogens (tertiary/aromatic N) is 2. The van der Waals surface area contributed by atoms with Crippen LogP contribution in [0.5, 0.6) is 0 Å². The Kier molecular flexibility index (Phi) is 8.64. The van der Waals surface area contributed by atoms with Crippen molar-refractivity contribution < 1.29 is 0 Å². The quantitative estimate of drug-likeness (QED) is 0.671. The number of unbranched alkanes of at least 4 members (excludes halogenated alkanes) is 2. The molecule has 0 aromatic heterocycles. The third-order valence-electron chi connectivity index (χ3n) is 3.91. The third kappa shape index (κ3) is 6.72. The first-order chi connectivity index (χ1) is 8.74. The van der Waals surface area contributed by atoms with E-state index in [9.17, 15) is 0 Å². The first kappa shape index (κ1) is 15.9. The molecular weight excluding hydrogens is 222 g/mol. The van der Waals surface area contributed by atoms with Gasteiger partial charge in [0.15, 0.2) is 0 Å². The lowest BCUT2D eigenvalue weighted by atomic mass is 10.2. The molecule has 1 fully saturated rings. The van der Waals surface area contributed by atoms with Gasteiger partial charge in [-0.15, -0.1) is 0 Å². The van der Waals surface area contributed by atoms with E-state index in [-0.39, 0.29) is 0 Å². The van der Waals surface area contributed by atoms with E-state index in [1.807, 2.05) is 0 Å². The fourth-order valence-corrected chi connectivity index (χ4v) is 2.80. The molecule has 1 aliphatic rings. The van der Waals surface area contributed by atoms with Gasteiger partial charge in [-0.25, -0.2) is 0 Å². The summed E-state index contributed by atoms with van der Waals surface area (Å²) in [7, 11) is 2.25. The van der Waals surface area contributed by atoms with Gasteiger partial charge in [0.05, 0.1) is 0 Å². The summed E-state index contributed by atoms with van der Waals surface area (Å²) in [6.45, 7) is 12.1. The zero-order valence-corrected chi connectivity index (χ0v) is 12.7. The molecule has 1 N–H and O–H groups in total. The minimum Gasteiger partial charge on any atom is -0.317 e. The Hall–Kier alpha value is -0.120. The Morgan fingerprint density at radius 3 is 2.72 bits per heavy atom. The monoisotopic (exact) mass is 255 g/mol. The van der Waals surface area contributed by atoms with Gasteiger partial charge in [0, 0.05) is 12.6 Å². The highest BCUT2D eigenvalue weighted by atomic mass is 15.2. The molecule has 1 heterocycles. The molecule has 0 radical (unpaired) electrons. The predicted octanol–water partition coefficient (Wildman–Crippen LogP) is 2.18. The highest BCUT2D eigenvalue weighted by Crippen LogP contribution is 2.10. The maximum Gasteiger partial charge on any atom is 0.0194 e. The van der Waals surface area contributed by atoms with Crippen LogP contribution in [0.4, 0.5) is 0 Å². The number of rotatable bonds is 8. The molecular formula is C15H33N3. The predicted molar refractivity (Wildman–Crippen MR) is 80.2 cm³/mol. The van der Waals surface area contributed by atoms with Crippen LogP contribution in [0.3, 0.4) is 0 Å². The van der Waals surface area contributed by atoms with Crippen molar-refractivity contribution in [3.05, 3.63) is 0 Å². The highest BCUT2D eigenvalue weighted by molar-refractivity contribution is 4.75. The molecule has 3 heteroatoms. The Balaban J connectivity index is 2.03. The van der Waals surface area contributed by atoms with Crippen molar-refractivity contribution in [3.8, 4) is 0 Å². The molecule has 0 bridgehead atoms. The minimum atomic E-state index is 0.732. The van der Waals surface area contributed by atoms with E-state index in [1.165, 1.54) is 71.4 Å². The first-order valence-corrected chi connectivity index (χ1v) is 7.87. The second-order valence-corrected chi connectivity index (χ2v) is 5.81. The summed E-state index contributed by atoms with van der Waals surface area (Å²) in [5, 5.41) is 3.48.